The molecule has 244 valence electrons. The van der Waals surface area contributed by atoms with Gasteiger partial charge in [0.25, 0.3) is 0 Å². The van der Waals surface area contributed by atoms with Gasteiger partial charge in [-0.1, -0.05) is 102 Å². The van der Waals surface area contributed by atoms with E-state index in [1.807, 2.05) is 19.1 Å². The summed E-state index contributed by atoms with van der Waals surface area (Å²) in [6.45, 7) is 16.4. The molecule has 0 aromatic heterocycles. The number of esters is 1. The van der Waals surface area contributed by atoms with Crippen LogP contribution < -0.4 is 5.32 Å². The van der Waals surface area contributed by atoms with Gasteiger partial charge in [0.15, 0.2) is 0 Å². The second-order valence-electron chi connectivity index (χ2n) is 16.3. The fraction of sp³-hybridized carbons (Fsp3) is 0.750. The summed E-state index contributed by atoms with van der Waals surface area (Å²) in [6.07, 6.45) is 17.1. The van der Waals surface area contributed by atoms with E-state index in [2.05, 4.69) is 65.1 Å². The maximum atomic E-state index is 13.5. The number of nitrogens with one attached hydrogen (secondary N) is 1. The number of rotatable bonds is 11. The summed E-state index contributed by atoms with van der Waals surface area (Å²) in [5.74, 6) is 4.55. The quantitative estimate of drug-likeness (QED) is 0.202. The summed E-state index contributed by atoms with van der Waals surface area (Å²) in [5, 5.41) is 2.94. The zero-order chi connectivity index (χ0) is 31.6. The molecule has 1 aromatic carbocycles. The molecular weight excluding hydrogens is 542 g/mol. The Kier molecular flexibility index (Phi) is 10.4. The standard InChI is InChI=1S/C40H61NO3/c1-8-37(42)41-36(24-29-14-12-27(4)13-15-29)38(43)44-31-20-22-39(6)30(25-31)16-17-32-34-19-18-33(28(5)11-9-10-26(2)3)40(34,7)23-21-35(32)39/h12-16,26,28,31-36H,8-11,17-25H2,1-7H3,(H,41,42)/t28?,31-,32?,33?,34?,35?,36?,39-,40+/m0/s1. The van der Waals surface area contributed by atoms with Crippen LogP contribution in [0.1, 0.15) is 130 Å². The first-order valence-electron chi connectivity index (χ1n) is 18.2. The van der Waals surface area contributed by atoms with Gasteiger partial charge in [-0.25, -0.2) is 4.79 Å². The molecule has 4 aliphatic carbocycles. The lowest BCUT2D eigenvalue weighted by molar-refractivity contribution is -0.155. The average Bonchev–Trinajstić information content (AvgIpc) is 3.35. The second kappa shape index (κ2) is 13.7. The van der Waals surface area contributed by atoms with Crippen molar-refractivity contribution in [3.63, 3.8) is 0 Å². The number of ether oxygens (including phenoxy) is 1. The van der Waals surface area contributed by atoms with Crippen LogP contribution in [0.3, 0.4) is 0 Å². The Morgan fingerprint density at radius 1 is 0.977 bits per heavy atom. The van der Waals surface area contributed by atoms with Crippen molar-refractivity contribution in [2.45, 2.75) is 144 Å². The minimum absolute atomic E-state index is 0.103. The number of hydrogen-bond acceptors (Lipinski definition) is 3. The van der Waals surface area contributed by atoms with Crippen molar-refractivity contribution < 1.29 is 14.3 Å². The van der Waals surface area contributed by atoms with Crippen molar-refractivity contribution >= 4 is 11.9 Å². The van der Waals surface area contributed by atoms with Crippen LogP contribution in [-0.2, 0) is 20.7 Å². The summed E-state index contributed by atoms with van der Waals surface area (Å²) in [6, 6.07) is 7.54. The molecule has 1 aromatic rings. The van der Waals surface area contributed by atoms with Gasteiger partial charge < -0.3 is 10.1 Å². The van der Waals surface area contributed by atoms with E-state index in [1.165, 1.54) is 62.5 Å². The van der Waals surface area contributed by atoms with E-state index in [0.29, 0.717) is 18.3 Å². The van der Waals surface area contributed by atoms with Gasteiger partial charge in [-0.3, -0.25) is 4.79 Å². The minimum Gasteiger partial charge on any atom is -0.461 e. The summed E-state index contributed by atoms with van der Waals surface area (Å²) >= 11 is 0. The lowest BCUT2D eigenvalue weighted by Gasteiger charge is -2.58. The van der Waals surface area contributed by atoms with Gasteiger partial charge in [-0.15, -0.1) is 0 Å². The predicted molar refractivity (Wildman–Crippen MR) is 180 cm³/mol. The molecule has 4 aliphatic rings. The van der Waals surface area contributed by atoms with Crippen LogP contribution in [0.2, 0.25) is 0 Å². The van der Waals surface area contributed by atoms with Gasteiger partial charge in [0, 0.05) is 19.3 Å². The Labute approximate surface area is 268 Å². The first-order valence-corrected chi connectivity index (χ1v) is 18.2. The van der Waals surface area contributed by atoms with Gasteiger partial charge in [-0.05, 0) is 104 Å². The van der Waals surface area contributed by atoms with E-state index < -0.39 is 6.04 Å². The van der Waals surface area contributed by atoms with E-state index in [0.717, 1.165) is 60.3 Å². The summed E-state index contributed by atoms with van der Waals surface area (Å²) < 4.78 is 6.20. The highest BCUT2D eigenvalue weighted by atomic mass is 16.5. The van der Waals surface area contributed by atoms with E-state index in [4.69, 9.17) is 4.74 Å². The van der Waals surface area contributed by atoms with Gasteiger partial charge in [0.1, 0.15) is 12.1 Å². The molecule has 6 unspecified atom stereocenters. The van der Waals surface area contributed by atoms with Crippen molar-refractivity contribution in [3.05, 3.63) is 47.0 Å². The third kappa shape index (κ3) is 6.85. The highest BCUT2D eigenvalue weighted by Crippen LogP contribution is 2.67. The van der Waals surface area contributed by atoms with E-state index in [1.54, 1.807) is 0 Å². The topological polar surface area (TPSA) is 55.4 Å². The molecule has 4 heteroatoms. The maximum Gasteiger partial charge on any atom is 0.329 e. The SMILES string of the molecule is CCC(=O)NC(Cc1ccc(C)cc1)C(=O)O[C@H]1CC[C@@]2(C)C(=CCC3C4CCC(C(C)CCCC(C)C)[C@@]4(C)CCC32)C1. The Balaban J connectivity index is 1.23. The highest BCUT2D eigenvalue weighted by Gasteiger charge is 2.59. The van der Waals surface area contributed by atoms with Crippen LogP contribution in [0.5, 0.6) is 0 Å². The number of hydrogen-bond donors (Lipinski definition) is 1. The van der Waals surface area contributed by atoms with Gasteiger partial charge >= 0.3 is 5.97 Å². The zero-order valence-electron chi connectivity index (χ0n) is 28.9. The monoisotopic (exact) mass is 603 g/mol. The summed E-state index contributed by atoms with van der Waals surface area (Å²) in [7, 11) is 0. The van der Waals surface area contributed by atoms with Crippen LogP contribution in [0.15, 0.2) is 35.9 Å². The third-order valence-corrected chi connectivity index (χ3v) is 13.0. The molecule has 1 amide bonds. The number of aryl methyl sites for hydroxylation is 1. The van der Waals surface area contributed by atoms with E-state index in [-0.39, 0.29) is 23.4 Å². The molecule has 4 nitrogen and oxygen atoms in total. The van der Waals surface area contributed by atoms with Crippen LogP contribution in [0.4, 0.5) is 0 Å². The van der Waals surface area contributed by atoms with Crippen LogP contribution in [0.25, 0.3) is 0 Å². The number of carbonyl (C=O) groups is 2. The second-order valence-corrected chi connectivity index (χ2v) is 16.3. The number of carbonyl (C=O) groups excluding carboxylic acids is 2. The molecular formula is C40H61NO3. The van der Waals surface area contributed by atoms with Crippen LogP contribution >= 0.6 is 0 Å². The summed E-state index contributed by atoms with van der Waals surface area (Å²) in [4.78, 5) is 25.8. The highest BCUT2D eigenvalue weighted by molar-refractivity contribution is 5.84. The molecule has 5 rings (SSSR count). The average molecular weight is 604 g/mol. The minimum atomic E-state index is -0.651. The fourth-order valence-corrected chi connectivity index (χ4v) is 10.4. The molecule has 0 radical (unpaired) electrons. The van der Waals surface area contributed by atoms with Gasteiger partial charge in [-0.2, -0.15) is 0 Å². The van der Waals surface area contributed by atoms with Crippen molar-refractivity contribution in [1.29, 1.82) is 0 Å². The van der Waals surface area contributed by atoms with Crippen molar-refractivity contribution in [3.8, 4) is 0 Å². The largest absolute Gasteiger partial charge is 0.461 e. The van der Waals surface area contributed by atoms with Crippen molar-refractivity contribution in [2.24, 2.45) is 46.3 Å². The Morgan fingerprint density at radius 3 is 2.43 bits per heavy atom. The van der Waals surface area contributed by atoms with Gasteiger partial charge in [0.2, 0.25) is 5.91 Å². The van der Waals surface area contributed by atoms with Crippen molar-refractivity contribution in [2.75, 3.05) is 0 Å². The Hall–Kier alpha value is -2.10. The van der Waals surface area contributed by atoms with E-state index in [9.17, 15) is 9.59 Å². The maximum absolute atomic E-state index is 13.5. The predicted octanol–water partition coefficient (Wildman–Crippen LogP) is 9.39. The third-order valence-electron chi connectivity index (χ3n) is 13.0. The normalized spacial score (nSPS) is 34.3. The van der Waals surface area contributed by atoms with Crippen molar-refractivity contribution in [1.82, 2.24) is 5.32 Å². The number of allylic oxidation sites excluding steroid dienone is 1. The zero-order valence-corrected chi connectivity index (χ0v) is 28.9. The molecule has 0 spiro atoms. The molecule has 0 aliphatic heterocycles. The van der Waals surface area contributed by atoms with E-state index >= 15 is 0 Å². The molecule has 3 saturated carbocycles. The lowest BCUT2D eigenvalue weighted by Crippen LogP contribution is -2.51. The molecule has 3 fully saturated rings. The number of benzene rings is 1. The van der Waals surface area contributed by atoms with Crippen LogP contribution in [0, 0.1) is 53.3 Å². The Bertz CT molecular complexity index is 1190. The fourth-order valence-electron chi connectivity index (χ4n) is 10.4. The first-order chi connectivity index (χ1) is 20.9. The molecule has 9 atom stereocenters. The molecule has 44 heavy (non-hydrogen) atoms. The Morgan fingerprint density at radius 2 is 1.73 bits per heavy atom. The molecule has 1 N–H and O–H groups in total. The molecule has 0 bridgehead atoms. The van der Waals surface area contributed by atoms with Crippen LogP contribution in [-0.4, -0.2) is 24.0 Å². The lowest BCUT2D eigenvalue weighted by atomic mass is 9.47. The first kappa shape index (κ1) is 33.3. The smallest absolute Gasteiger partial charge is 0.329 e. The molecule has 0 heterocycles. The van der Waals surface area contributed by atoms with Gasteiger partial charge in [0.05, 0.1) is 0 Å². The summed E-state index contributed by atoms with van der Waals surface area (Å²) in [5.41, 5.74) is 4.49. The molecule has 0 saturated heterocycles. The number of fused-ring (bicyclic) bond motifs is 5. The number of amides is 1.